The van der Waals surface area contributed by atoms with E-state index in [1.165, 1.54) is 6.92 Å². The van der Waals surface area contributed by atoms with Crippen LogP contribution in [0.25, 0.3) is 6.08 Å². The van der Waals surface area contributed by atoms with Crippen LogP contribution < -0.4 is 0 Å². The lowest BCUT2D eigenvalue weighted by atomic mass is 10.1. The summed E-state index contributed by atoms with van der Waals surface area (Å²) in [5, 5.41) is 0.425. The van der Waals surface area contributed by atoms with E-state index < -0.39 is 10.2 Å². The van der Waals surface area contributed by atoms with Crippen LogP contribution in [0.5, 0.6) is 0 Å². The molecule has 0 N–H and O–H groups in total. The number of ketones is 1. The lowest BCUT2D eigenvalue weighted by Gasteiger charge is -1.99. The average molecular weight is 228 g/mol. The Kier molecular flexibility index (Phi) is 3.36. The van der Waals surface area contributed by atoms with Crippen molar-refractivity contribution in [1.82, 2.24) is 0 Å². The van der Waals surface area contributed by atoms with E-state index in [1.54, 1.807) is 24.3 Å². The predicted octanol–water partition coefficient (Wildman–Crippen LogP) is 2.16. The largest absolute Gasteiger partial charge is 0.325 e. The topological polar surface area (TPSA) is 51.2 Å². The molecule has 0 atom stereocenters. The first-order valence-corrected chi connectivity index (χ1v) is 5.57. The summed E-state index contributed by atoms with van der Waals surface area (Å²) in [6.45, 7) is 1.36. The maximum Gasteiger partial charge on any atom is 0.325 e. The SMILES string of the molecule is CC(=O)c1ccccc1/C=C/S(=O)(=O)F. The molecule has 1 aromatic rings. The fraction of sp³-hybridized carbons (Fsp3) is 0.100. The highest BCUT2D eigenvalue weighted by molar-refractivity contribution is 7.89. The number of halogens is 1. The van der Waals surface area contributed by atoms with Crippen molar-refractivity contribution in [2.75, 3.05) is 0 Å². The van der Waals surface area contributed by atoms with Crippen molar-refractivity contribution < 1.29 is 17.1 Å². The third-order valence-electron chi connectivity index (χ3n) is 1.75. The summed E-state index contributed by atoms with van der Waals surface area (Å²) >= 11 is 0. The molecule has 80 valence electrons. The second-order valence-corrected chi connectivity index (χ2v) is 4.15. The van der Waals surface area contributed by atoms with Crippen LogP contribution in [0.3, 0.4) is 0 Å². The van der Waals surface area contributed by atoms with E-state index in [1.807, 2.05) is 0 Å². The standard InChI is InChI=1S/C10H9FO3S/c1-8(12)10-5-3-2-4-9(10)6-7-15(11,13)14/h2-7H,1H3/b7-6+. The van der Waals surface area contributed by atoms with Gasteiger partial charge in [0.15, 0.2) is 5.78 Å². The van der Waals surface area contributed by atoms with E-state index in [0.717, 1.165) is 6.08 Å². The molecule has 0 heterocycles. The fourth-order valence-corrected chi connectivity index (χ4v) is 1.43. The monoisotopic (exact) mass is 228 g/mol. The van der Waals surface area contributed by atoms with Gasteiger partial charge in [-0.1, -0.05) is 24.3 Å². The smallest absolute Gasteiger partial charge is 0.294 e. The number of carbonyl (C=O) groups excluding carboxylic acids is 1. The second kappa shape index (κ2) is 4.35. The van der Waals surface area contributed by atoms with Crippen LogP contribution in [0.15, 0.2) is 29.7 Å². The van der Waals surface area contributed by atoms with Gasteiger partial charge in [0.25, 0.3) is 0 Å². The third-order valence-corrected chi connectivity index (χ3v) is 2.21. The van der Waals surface area contributed by atoms with Gasteiger partial charge in [-0.25, -0.2) is 0 Å². The van der Waals surface area contributed by atoms with Crippen molar-refractivity contribution in [3.05, 3.63) is 40.8 Å². The van der Waals surface area contributed by atoms with Gasteiger partial charge in [-0.3, -0.25) is 4.79 Å². The molecule has 0 saturated carbocycles. The predicted molar refractivity (Wildman–Crippen MR) is 55.5 cm³/mol. The molecule has 0 bridgehead atoms. The van der Waals surface area contributed by atoms with Crippen molar-refractivity contribution in [3.63, 3.8) is 0 Å². The van der Waals surface area contributed by atoms with Gasteiger partial charge in [0, 0.05) is 5.56 Å². The first-order chi connectivity index (χ1) is 6.90. The Labute approximate surface area is 87.4 Å². The number of carbonyl (C=O) groups is 1. The molecule has 1 aromatic carbocycles. The van der Waals surface area contributed by atoms with Crippen molar-refractivity contribution in [1.29, 1.82) is 0 Å². The summed E-state index contributed by atoms with van der Waals surface area (Å²) in [6, 6.07) is 6.38. The average Bonchev–Trinajstić information content (AvgIpc) is 2.14. The van der Waals surface area contributed by atoms with Crippen LogP contribution in [0.1, 0.15) is 22.8 Å². The Morgan fingerprint density at radius 3 is 2.47 bits per heavy atom. The Morgan fingerprint density at radius 1 is 1.33 bits per heavy atom. The summed E-state index contributed by atoms with van der Waals surface area (Å²) in [5.74, 6) is -0.202. The quantitative estimate of drug-likeness (QED) is 0.588. The number of hydrogen-bond acceptors (Lipinski definition) is 3. The maximum absolute atomic E-state index is 12.2. The molecule has 3 nitrogen and oxygen atoms in total. The lowest BCUT2D eigenvalue weighted by Crippen LogP contribution is -1.95. The summed E-state index contributed by atoms with van der Waals surface area (Å²) in [5.41, 5.74) is 0.739. The Balaban J connectivity index is 3.16. The number of rotatable bonds is 3. The minimum atomic E-state index is -4.66. The third kappa shape index (κ3) is 3.63. The van der Waals surface area contributed by atoms with Crippen LogP contribution >= 0.6 is 0 Å². The molecule has 0 aliphatic carbocycles. The number of benzene rings is 1. The van der Waals surface area contributed by atoms with Gasteiger partial charge in [0.1, 0.15) is 0 Å². The zero-order valence-corrected chi connectivity index (χ0v) is 8.79. The summed E-state index contributed by atoms with van der Waals surface area (Å²) in [7, 11) is -4.66. The van der Waals surface area contributed by atoms with Gasteiger partial charge in [-0.2, -0.15) is 8.42 Å². The molecule has 0 amide bonds. The van der Waals surface area contributed by atoms with Gasteiger partial charge in [-0.05, 0) is 18.6 Å². The number of hydrogen-bond donors (Lipinski definition) is 0. The zero-order chi connectivity index (χ0) is 11.5. The highest BCUT2D eigenvalue weighted by atomic mass is 32.3. The normalized spacial score (nSPS) is 11.9. The van der Waals surface area contributed by atoms with E-state index in [-0.39, 0.29) is 5.78 Å². The van der Waals surface area contributed by atoms with Crippen LogP contribution in [-0.2, 0) is 10.2 Å². The molecule has 0 aliphatic rings. The molecule has 0 fully saturated rings. The van der Waals surface area contributed by atoms with Crippen molar-refractivity contribution >= 4 is 22.1 Å². The van der Waals surface area contributed by atoms with Gasteiger partial charge in [0.05, 0.1) is 5.41 Å². The van der Waals surface area contributed by atoms with Crippen LogP contribution in [-0.4, -0.2) is 14.2 Å². The van der Waals surface area contributed by atoms with Crippen LogP contribution in [0.2, 0.25) is 0 Å². The van der Waals surface area contributed by atoms with Crippen molar-refractivity contribution in [2.45, 2.75) is 6.92 Å². The van der Waals surface area contributed by atoms with Crippen molar-refractivity contribution in [3.8, 4) is 0 Å². The maximum atomic E-state index is 12.2. The van der Waals surface area contributed by atoms with Gasteiger partial charge in [0.2, 0.25) is 0 Å². The molecule has 15 heavy (non-hydrogen) atoms. The molecule has 0 radical (unpaired) electrons. The fourth-order valence-electron chi connectivity index (χ4n) is 1.12. The van der Waals surface area contributed by atoms with Crippen LogP contribution in [0.4, 0.5) is 3.89 Å². The van der Waals surface area contributed by atoms with Gasteiger partial charge < -0.3 is 0 Å². The molecular formula is C10H9FO3S. The van der Waals surface area contributed by atoms with Crippen LogP contribution in [0, 0.1) is 0 Å². The molecule has 0 unspecified atom stereocenters. The first-order valence-electron chi connectivity index (χ1n) is 4.13. The van der Waals surface area contributed by atoms with Gasteiger partial charge >= 0.3 is 10.2 Å². The van der Waals surface area contributed by atoms with E-state index in [2.05, 4.69) is 0 Å². The van der Waals surface area contributed by atoms with Crippen molar-refractivity contribution in [2.24, 2.45) is 0 Å². The molecule has 0 aliphatic heterocycles. The summed E-state index contributed by atoms with van der Waals surface area (Å²) in [6.07, 6.45) is 1.06. The molecule has 5 heteroatoms. The molecule has 0 saturated heterocycles. The second-order valence-electron chi connectivity index (χ2n) is 2.92. The van der Waals surface area contributed by atoms with E-state index in [0.29, 0.717) is 16.5 Å². The molecule has 1 rings (SSSR count). The summed E-state index contributed by atoms with van der Waals surface area (Å²) in [4.78, 5) is 11.1. The Hall–Kier alpha value is -1.49. The Morgan fingerprint density at radius 2 is 1.93 bits per heavy atom. The molecular weight excluding hydrogens is 219 g/mol. The molecule has 0 spiro atoms. The van der Waals surface area contributed by atoms with E-state index >= 15 is 0 Å². The first kappa shape index (κ1) is 11.6. The van der Waals surface area contributed by atoms with E-state index in [9.17, 15) is 17.1 Å². The molecule has 0 aromatic heterocycles. The highest BCUT2D eigenvalue weighted by Gasteiger charge is 2.05. The van der Waals surface area contributed by atoms with E-state index in [4.69, 9.17) is 0 Å². The number of Topliss-reactive ketones (excluding diaryl/α,β-unsaturated/α-hetero) is 1. The minimum Gasteiger partial charge on any atom is -0.294 e. The Bertz CT molecular complexity index is 503. The lowest BCUT2D eigenvalue weighted by molar-refractivity contribution is 0.101. The summed E-state index contributed by atoms with van der Waals surface area (Å²) < 4.78 is 32.7. The minimum absolute atomic E-state index is 0.202. The van der Waals surface area contributed by atoms with Gasteiger partial charge in [-0.15, -0.1) is 3.89 Å². The zero-order valence-electron chi connectivity index (χ0n) is 7.98. The highest BCUT2D eigenvalue weighted by Crippen LogP contribution is 2.12.